The normalized spacial score (nSPS) is 11.1. The van der Waals surface area contributed by atoms with Gasteiger partial charge in [-0.15, -0.1) is 0 Å². The molecule has 2 amide bonds. The Morgan fingerprint density at radius 2 is 1.57 bits per heavy atom. The van der Waals surface area contributed by atoms with Gasteiger partial charge in [-0.3, -0.25) is 19.5 Å². The SMILES string of the molecule is CC(C)c1ccc(-n2cc(-c3ccccc3)nc2NC(=O)CN(C(=O)c2ccccc2Cl)C(C)C)cc1. The quantitative estimate of drug-likeness (QED) is 0.281. The van der Waals surface area contributed by atoms with Gasteiger partial charge < -0.3 is 4.90 Å². The molecular weight excluding hydrogens is 484 g/mol. The molecule has 4 rings (SSSR count). The van der Waals surface area contributed by atoms with Gasteiger partial charge in [-0.05, 0) is 49.6 Å². The maximum absolute atomic E-state index is 13.2. The lowest BCUT2D eigenvalue weighted by molar-refractivity contribution is -0.117. The van der Waals surface area contributed by atoms with Crippen molar-refractivity contribution in [1.29, 1.82) is 0 Å². The fraction of sp³-hybridized carbons (Fsp3) is 0.233. The van der Waals surface area contributed by atoms with Gasteiger partial charge in [-0.25, -0.2) is 4.98 Å². The molecule has 0 aliphatic rings. The van der Waals surface area contributed by atoms with Gasteiger partial charge in [0.05, 0.1) is 16.3 Å². The Labute approximate surface area is 222 Å². The van der Waals surface area contributed by atoms with Gasteiger partial charge in [-0.2, -0.15) is 0 Å². The average molecular weight is 515 g/mol. The second kappa shape index (κ2) is 11.4. The number of nitrogens with one attached hydrogen (secondary N) is 1. The van der Waals surface area contributed by atoms with Crippen molar-refractivity contribution in [3.63, 3.8) is 0 Å². The minimum absolute atomic E-state index is 0.137. The fourth-order valence-electron chi connectivity index (χ4n) is 4.03. The largest absolute Gasteiger partial charge is 0.327 e. The first kappa shape index (κ1) is 26.2. The summed E-state index contributed by atoms with van der Waals surface area (Å²) < 4.78 is 1.86. The molecule has 0 radical (unpaired) electrons. The summed E-state index contributed by atoms with van der Waals surface area (Å²) in [5, 5.41) is 3.28. The minimum atomic E-state index is -0.348. The van der Waals surface area contributed by atoms with E-state index >= 15 is 0 Å². The molecule has 7 heteroatoms. The summed E-state index contributed by atoms with van der Waals surface area (Å²) in [6.07, 6.45) is 1.91. The number of halogens is 1. The maximum Gasteiger partial charge on any atom is 0.256 e. The second-order valence-corrected chi connectivity index (χ2v) is 9.89. The van der Waals surface area contributed by atoms with Crippen LogP contribution in [0.15, 0.2) is 85.1 Å². The van der Waals surface area contributed by atoms with Crippen LogP contribution in [0.4, 0.5) is 5.95 Å². The molecule has 0 saturated heterocycles. The highest BCUT2D eigenvalue weighted by molar-refractivity contribution is 6.33. The molecule has 1 N–H and O–H groups in total. The summed E-state index contributed by atoms with van der Waals surface area (Å²) in [6.45, 7) is 7.90. The van der Waals surface area contributed by atoms with Crippen LogP contribution >= 0.6 is 11.6 Å². The molecule has 0 unspecified atom stereocenters. The lowest BCUT2D eigenvalue weighted by Crippen LogP contribution is -2.42. The first-order valence-electron chi connectivity index (χ1n) is 12.3. The van der Waals surface area contributed by atoms with E-state index in [1.165, 1.54) is 10.5 Å². The van der Waals surface area contributed by atoms with Gasteiger partial charge in [0.15, 0.2) is 0 Å². The molecule has 37 heavy (non-hydrogen) atoms. The summed E-state index contributed by atoms with van der Waals surface area (Å²) in [5.74, 6) is 0.149. The highest BCUT2D eigenvalue weighted by Crippen LogP contribution is 2.26. The Hall–Kier alpha value is -3.90. The predicted molar refractivity (Wildman–Crippen MR) is 149 cm³/mol. The van der Waals surface area contributed by atoms with Crippen LogP contribution in [0.1, 0.15) is 49.5 Å². The molecule has 1 heterocycles. The summed E-state index contributed by atoms with van der Waals surface area (Å²) in [4.78, 5) is 32.7. The first-order chi connectivity index (χ1) is 17.7. The van der Waals surface area contributed by atoms with Crippen molar-refractivity contribution in [2.75, 3.05) is 11.9 Å². The second-order valence-electron chi connectivity index (χ2n) is 9.49. The first-order valence-corrected chi connectivity index (χ1v) is 12.7. The van der Waals surface area contributed by atoms with Crippen molar-refractivity contribution in [2.45, 2.75) is 39.7 Å². The molecule has 4 aromatic rings. The molecule has 0 fully saturated rings. The number of hydrogen-bond donors (Lipinski definition) is 1. The van der Waals surface area contributed by atoms with Gasteiger partial charge in [0.1, 0.15) is 6.54 Å². The molecule has 0 aliphatic carbocycles. The van der Waals surface area contributed by atoms with Crippen LogP contribution < -0.4 is 5.32 Å². The number of hydrogen-bond acceptors (Lipinski definition) is 3. The summed E-state index contributed by atoms with van der Waals surface area (Å²) >= 11 is 6.25. The van der Waals surface area contributed by atoms with Gasteiger partial charge in [0.2, 0.25) is 11.9 Å². The van der Waals surface area contributed by atoms with Crippen LogP contribution in [0.25, 0.3) is 16.9 Å². The van der Waals surface area contributed by atoms with Crippen molar-refractivity contribution in [3.8, 4) is 16.9 Å². The molecule has 0 bridgehead atoms. The van der Waals surface area contributed by atoms with E-state index in [9.17, 15) is 9.59 Å². The topological polar surface area (TPSA) is 67.2 Å². The molecule has 0 saturated carbocycles. The number of imidazole rings is 1. The van der Waals surface area contributed by atoms with E-state index in [-0.39, 0.29) is 24.4 Å². The average Bonchev–Trinajstić information content (AvgIpc) is 3.31. The Kier molecular flexibility index (Phi) is 8.09. The van der Waals surface area contributed by atoms with E-state index in [4.69, 9.17) is 16.6 Å². The Morgan fingerprint density at radius 3 is 2.19 bits per heavy atom. The zero-order valence-electron chi connectivity index (χ0n) is 21.5. The van der Waals surface area contributed by atoms with Crippen molar-refractivity contribution >= 4 is 29.4 Å². The van der Waals surface area contributed by atoms with Crippen LogP contribution in [0.5, 0.6) is 0 Å². The molecule has 3 aromatic carbocycles. The molecule has 1 aromatic heterocycles. The van der Waals surface area contributed by atoms with E-state index in [1.54, 1.807) is 24.3 Å². The van der Waals surface area contributed by atoms with Gasteiger partial charge in [-0.1, -0.05) is 80.0 Å². The van der Waals surface area contributed by atoms with E-state index < -0.39 is 0 Å². The maximum atomic E-state index is 13.2. The minimum Gasteiger partial charge on any atom is -0.327 e. The van der Waals surface area contributed by atoms with Crippen LogP contribution in [-0.4, -0.2) is 38.9 Å². The van der Waals surface area contributed by atoms with Crippen molar-refractivity contribution in [3.05, 3.63) is 101 Å². The zero-order valence-corrected chi connectivity index (χ0v) is 22.2. The number of nitrogens with zero attached hydrogens (tertiary/aromatic N) is 3. The smallest absolute Gasteiger partial charge is 0.256 e. The zero-order chi connectivity index (χ0) is 26.5. The van der Waals surface area contributed by atoms with Crippen LogP contribution in [0.2, 0.25) is 5.02 Å². The standard InChI is InChI=1S/C30H31ClN4O2/c1-20(2)22-14-16-24(17-15-22)35-18-27(23-10-6-5-7-11-23)32-30(35)33-28(36)19-34(21(3)4)29(37)25-12-8-9-13-26(25)31/h5-18,20-21H,19H2,1-4H3,(H,32,33,36). The van der Waals surface area contributed by atoms with E-state index in [2.05, 4.69) is 31.3 Å². The van der Waals surface area contributed by atoms with E-state index in [1.807, 2.05) is 67.1 Å². The summed E-state index contributed by atoms with van der Waals surface area (Å²) in [5.41, 5.74) is 4.14. The molecule has 0 atom stereocenters. The summed E-state index contributed by atoms with van der Waals surface area (Å²) in [7, 11) is 0. The number of benzene rings is 3. The van der Waals surface area contributed by atoms with E-state index in [0.717, 1.165) is 16.9 Å². The third-order valence-electron chi connectivity index (χ3n) is 6.17. The lowest BCUT2D eigenvalue weighted by atomic mass is 10.0. The number of carbonyl (C=O) groups excluding carboxylic acids is 2. The van der Waals surface area contributed by atoms with Crippen LogP contribution in [-0.2, 0) is 4.79 Å². The van der Waals surface area contributed by atoms with Gasteiger partial charge >= 0.3 is 0 Å². The van der Waals surface area contributed by atoms with Crippen LogP contribution in [0.3, 0.4) is 0 Å². The molecule has 6 nitrogen and oxygen atoms in total. The summed E-state index contributed by atoms with van der Waals surface area (Å²) in [6, 6.07) is 24.6. The lowest BCUT2D eigenvalue weighted by Gasteiger charge is -2.26. The van der Waals surface area contributed by atoms with Crippen molar-refractivity contribution in [1.82, 2.24) is 14.5 Å². The molecular formula is C30H31ClN4O2. The molecule has 0 spiro atoms. The highest BCUT2D eigenvalue weighted by atomic mass is 35.5. The van der Waals surface area contributed by atoms with Gasteiger partial charge in [0, 0.05) is 23.5 Å². The molecule has 190 valence electrons. The Balaban J connectivity index is 1.63. The number of aromatic nitrogens is 2. The predicted octanol–water partition coefficient (Wildman–Crippen LogP) is 6.81. The number of carbonyl (C=O) groups is 2. The highest BCUT2D eigenvalue weighted by Gasteiger charge is 2.24. The fourth-order valence-corrected chi connectivity index (χ4v) is 4.25. The third kappa shape index (κ3) is 6.09. The van der Waals surface area contributed by atoms with E-state index in [0.29, 0.717) is 22.5 Å². The number of anilines is 1. The molecule has 0 aliphatic heterocycles. The monoisotopic (exact) mass is 514 g/mol. The van der Waals surface area contributed by atoms with Crippen LogP contribution in [0, 0.1) is 0 Å². The Morgan fingerprint density at radius 1 is 0.919 bits per heavy atom. The van der Waals surface area contributed by atoms with Crippen molar-refractivity contribution in [2.24, 2.45) is 0 Å². The Bertz CT molecular complexity index is 1380. The number of rotatable bonds is 8. The third-order valence-corrected chi connectivity index (χ3v) is 6.50. The number of amides is 2. The van der Waals surface area contributed by atoms with Crippen molar-refractivity contribution < 1.29 is 9.59 Å². The van der Waals surface area contributed by atoms with Gasteiger partial charge in [0.25, 0.3) is 5.91 Å².